The highest BCUT2D eigenvalue weighted by Gasteiger charge is 2.24. The number of hydrogen-bond donors (Lipinski definition) is 3. The van der Waals surface area contributed by atoms with Crippen LogP contribution in [0.5, 0.6) is 5.75 Å². The molecule has 1 saturated carbocycles. The van der Waals surface area contributed by atoms with E-state index in [0.29, 0.717) is 17.3 Å². The van der Waals surface area contributed by atoms with Crippen LogP contribution in [0.1, 0.15) is 39.7 Å². The second kappa shape index (κ2) is 7.80. The van der Waals surface area contributed by atoms with Gasteiger partial charge in [-0.25, -0.2) is 4.98 Å². The Morgan fingerprint density at radius 2 is 2.11 bits per heavy atom. The van der Waals surface area contributed by atoms with E-state index >= 15 is 0 Å². The molecule has 5 nitrogen and oxygen atoms in total. The zero-order valence-electron chi connectivity index (χ0n) is 14.8. The van der Waals surface area contributed by atoms with Gasteiger partial charge in [-0.05, 0) is 60.0 Å². The minimum Gasteiger partial charge on any atom is -0.508 e. The van der Waals surface area contributed by atoms with Gasteiger partial charge in [0.1, 0.15) is 11.6 Å². The smallest absolute Gasteiger partial charge is 0.255 e. The average Bonchev–Trinajstić information content (AvgIpc) is 3.36. The number of aromatic nitrogens is 1. The normalized spacial score (nSPS) is 14.5. The predicted octanol–water partition coefficient (Wildman–Crippen LogP) is 4.19. The Morgan fingerprint density at radius 1 is 1.22 bits per heavy atom. The van der Waals surface area contributed by atoms with E-state index in [1.54, 1.807) is 47.9 Å². The third-order valence-electron chi connectivity index (χ3n) is 4.61. The summed E-state index contributed by atoms with van der Waals surface area (Å²) in [4.78, 5) is 18.4. The van der Waals surface area contributed by atoms with E-state index in [2.05, 4.69) is 15.6 Å². The Kier molecular flexibility index (Phi) is 5.07. The number of nitrogens with one attached hydrogen (secondary N) is 2. The number of aromatic hydroxyl groups is 1. The quantitative estimate of drug-likeness (QED) is 0.575. The van der Waals surface area contributed by atoms with Crippen LogP contribution >= 0.6 is 11.3 Å². The number of carbonyl (C=O) groups is 1. The van der Waals surface area contributed by atoms with Crippen molar-refractivity contribution in [1.29, 1.82) is 0 Å². The van der Waals surface area contributed by atoms with Gasteiger partial charge < -0.3 is 15.7 Å². The van der Waals surface area contributed by atoms with E-state index in [0.717, 1.165) is 17.0 Å². The molecule has 1 aliphatic carbocycles. The van der Waals surface area contributed by atoms with Crippen LogP contribution in [0.4, 0.5) is 5.82 Å². The van der Waals surface area contributed by atoms with Gasteiger partial charge in [-0.1, -0.05) is 18.2 Å². The second-order valence-corrected chi connectivity index (χ2v) is 7.72. The number of anilines is 1. The fourth-order valence-corrected chi connectivity index (χ4v) is 3.78. The standard InChI is InChI=1S/C21H21N3O2S/c25-16-5-1-4-15(12-16)19(18-7-3-11-27-18)24-21(26)17-6-2-10-22-20(17)23-13-14-8-9-14/h1-7,10-12,14,19,25H,8-9,13H2,(H,22,23)(H,24,26). The first-order chi connectivity index (χ1) is 13.2. The second-order valence-electron chi connectivity index (χ2n) is 6.74. The highest BCUT2D eigenvalue weighted by atomic mass is 32.1. The molecule has 1 unspecified atom stereocenters. The number of nitrogens with zero attached hydrogens (tertiary/aromatic N) is 1. The van der Waals surface area contributed by atoms with Crippen LogP contribution in [-0.4, -0.2) is 22.5 Å². The van der Waals surface area contributed by atoms with Crippen molar-refractivity contribution in [3.05, 3.63) is 76.1 Å². The number of pyridine rings is 1. The van der Waals surface area contributed by atoms with E-state index in [4.69, 9.17) is 0 Å². The number of hydrogen-bond acceptors (Lipinski definition) is 5. The van der Waals surface area contributed by atoms with Crippen molar-refractivity contribution in [1.82, 2.24) is 10.3 Å². The van der Waals surface area contributed by atoms with Crippen molar-refractivity contribution in [2.75, 3.05) is 11.9 Å². The molecular formula is C21H21N3O2S. The molecule has 1 aliphatic rings. The molecule has 2 aromatic heterocycles. The average molecular weight is 379 g/mol. The predicted molar refractivity (Wildman–Crippen MR) is 107 cm³/mol. The Balaban J connectivity index is 1.59. The molecule has 1 aromatic carbocycles. The molecular weight excluding hydrogens is 358 g/mol. The van der Waals surface area contributed by atoms with Crippen molar-refractivity contribution < 1.29 is 9.90 Å². The minimum absolute atomic E-state index is 0.177. The number of thiophene rings is 1. The van der Waals surface area contributed by atoms with Crippen molar-refractivity contribution in [3.8, 4) is 5.75 Å². The number of phenols is 1. The molecule has 0 saturated heterocycles. The third-order valence-corrected chi connectivity index (χ3v) is 5.55. The van der Waals surface area contributed by atoms with Gasteiger partial charge >= 0.3 is 0 Å². The maximum absolute atomic E-state index is 13.0. The van der Waals surface area contributed by atoms with Gasteiger partial charge in [0.15, 0.2) is 0 Å². The van der Waals surface area contributed by atoms with Gasteiger partial charge in [-0.3, -0.25) is 4.79 Å². The van der Waals surface area contributed by atoms with Crippen molar-refractivity contribution in [2.45, 2.75) is 18.9 Å². The molecule has 1 fully saturated rings. The van der Waals surface area contributed by atoms with Crippen LogP contribution in [0, 0.1) is 5.92 Å². The van der Waals surface area contributed by atoms with Gasteiger partial charge in [0.05, 0.1) is 11.6 Å². The van der Waals surface area contributed by atoms with E-state index in [1.807, 2.05) is 23.6 Å². The molecule has 0 bridgehead atoms. The van der Waals surface area contributed by atoms with Gasteiger partial charge in [0.25, 0.3) is 5.91 Å². The van der Waals surface area contributed by atoms with Crippen LogP contribution in [-0.2, 0) is 0 Å². The van der Waals surface area contributed by atoms with Crippen LogP contribution in [0.3, 0.4) is 0 Å². The lowest BCUT2D eigenvalue weighted by molar-refractivity contribution is 0.0944. The Bertz CT molecular complexity index is 923. The van der Waals surface area contributed by atoms with E-state index < -0.39 is 0 Å². The molecule has 2 heterocycles. The van der Waals surface area contributed by atoms with E-state index in [9.17, 15) is 9.90 Å². The first-order valence-electron chi connectivity index (χ1n) is 9.03. The van der Waals surface area contributed by atoms with Gasteiger partial charge in [0, 0.05) is 17.6 Å². The van der Waals surface area contributed by atoms with E-state index in [1.165, 1.54) is 12.8 Å². The first kappa shape index (κ1) is 17.5. The maximum Gasteiger partial charge on any atom is 0.255 e. The fourth-order valence-electron chi connectivity index (χ4n) is 2.98. The SMILES string of the molecule is O=C(NC(c1cccc(O)c1)c1cccs1)c1cccnc1NCC1CC1. The summed E-state index contributed by atoms with van der Waals surface area (Å²) < 4.78 is 0. The summed E-state index contributed by atoms with van der Waals surface area (Å²) >= 11 is 1.57. The first-order valence-corrected chi connectivity index (χ1v) is 9.91. The lowest BCUT2D eigenvalue weighted by Gasteiger charge is -2.19. The third kappa shape index (κ3) is 4.28. The topological polar surface area (TPSA) is 74.2 Å². The maximum atomic E-state index is 13.0. The Morgan fingerprint density at radius 3 is 2.85 bits per heavy atom. The molecule has 27 heavy (non-hydrogen) atoms. The number of amides is 1. The lowest BCUT2D eigenvalue weighted by atomic mass is 10.0. The molecule has 0 aliphatic heterocycles. The summed E-state index contributed by atoms with van der Waals surface area (Å²) in [5, 5.41) is 18.2. The molecule has 4 rings (SSSR count). The molecule has 3 aromatic rings. The van der Waals surface area contributed by atoms with Crippen LogP contribution in [0.2, 0.25) is 0 Å². The molecule has 3 N–H and O–H groups in total. The zero-order valence-corrected chi connectivity index (χ0v) is 15.6. The van der Waals surface area contributed by atoms with Crippen LogP contribution < -0.4 is 10.6 Å². The zero-order chi connectivity index (χ0) is 18.6. The van der Waals surface area contributed by atoms with E-state index in [-0.39, 0.29) is 17.7 Å². The molecule has 0 spiro atoms. The Hall–Kier alpha value is -2.86. The fraction of sp³-hybridized carbons (Fsp3) is 0.238. The van der Waals surface area contributed by atoms with Gasteiger partial charge in [-0.2, -0.15) is 0 Å². The summed E-state index contributed by atoms with van der Waals surface area (Å²) in [6.45, 7) is 0.845. The van der Waals surface area contributed by atoms with Crippen molar-refractivity contribution in [3.63, 3.8) is 0 Å². The van der Waals surface area contributed by atoms with Gasteiger partial charge in [-0.15, -0.1) is 11.3 Å². The Labute approximate surface area is 162 Å². The summed E-state index contributed by atoms with van der Waals surface area (Å²) in [6, 6.07) is 14.1. The highest BCUT2D eigenvalue weighted by Crippen LogP contribution is 2.30. The minimum atomic E-state index is -0.332. The van der Waals surface area contributed by atoms with Crippen molar-refractivity contribution in [2.24, 2.45) is 5.92 Å². The molecule has 1 amide bonds. The summed E-state index contributed by atoms with van der Waals surface area (Å²) in [6.07, 6.45) is 4.16. The summed E-state index contributed by atoms with van der Waals surface area (Å²) in [5.41, 5.74) is 1.36. The lowest BCUT2D eigenvalue weighted by Crippen LogP contribution is -2.29. The number of benzene rings is 1. The number of rotatable bonds is 7. The number of carbonyl (C=O) groups excluding carboxylic acids is 1. The summed E-state index contributed by atoms with van der Waals surface area (Å²) in [5.74, 6) is 1.29. The highest BCUT2D eigenvalue weighted by molar-refractivity contribution is 7.10. The van der Waals surface area contributed by atoms with Crippen LogP contribution in [0.25, 0.3) is 0 Å². The molecule has 0 radical (unpaired) electrons. The van der Waals surface area contributed by atoms with Crippen molar-refractivity contribution >= 4 is 23.1 Å². The van der Waals surface area contributed by atoms with Gasteiger partial charge in [0.2, 0.25) is 0 Å². The molecule has 1 atom stereocenters. The number of phenolic OH excluding ortho intramolecular Hbond substituents is 1. The van der Waals surface area contributed by atoms with Crippen LogP contribution in [0.15, 0.2) is 60.1 Å². The molecule has 138 valence electrons. The summed E-state index contributed by atoms with van der Waals surface area (Å²) in [7, 11) is 0. The monoisotopic (exact) mass is 379 g/mol. The largest absolute Gasteiger partial charge is 0.508 e. The molecule has 6 heteroatoms.